The zero-order valence-electron chi connectivity index (χ0n) is 9.30. The molecule has 0 spiro atoms. The number of sulfonamides is 1. The number of rotatable bonds is 3. The third-order valence-corrected chi connectivity index (χ3v) is 3.80. The minimum absolute atomic E-state index is 0.170. The molecule has 3 N–H and O–H groups in total. The van der Waals surface area contributed by atoms with Crippen molar-refractivity contribution in [3.8, 4) is 0 Å². The summed E-state index contributed by atoms with van der Waals surface area (Å²) in [5.41, 5.74) is 5.99. The second-order valence-electron chi connectivity index (χ2n) is 3.77. The molecular formula is C10H15N3O3S. The normalized spacial score (nSPS) is 18.1. The SMILES string of the molecule is Nc1cccc(S(=O)(=O)NN2CCOCC2)c1. The lowest BCUT2D eigenvalue weighted by atomic mass is 10.3. The number of nitrogens with two attached hydrogens (primary N) is 1. The topological polar surface area (TPSA) is 84.7 Å². The highest BCUT2D eigenvalue weighted by molar-refractivity contribution is 7.89. The summed E-state index contributed by atoms with van der Waals surface area (Å²) >= 11 is 0. The van der Waals surface area contributed by atoms with Gasteiger partial charge in [0.1, 0.15) is 0 Å². The van der Waals surface area contributed by atoms with Crippen molar-refractivity contribution in [2.75, 3.05) is 32.0 Å². The maximum Gasteiger partial charge on any atom is 0.253 e. The van der Waals surface area contributed by atoms with Gasteiger partial charge >= 0.3 is 0 Å². The van der Waals surface area contributed by atoms with Crippen molar-refractivity contribution < 1.29 is 13.2 Å². The Labute approximate surface area is 100 Å². The Morgan fingerprint density at radius 2 is 2.00 bits per heavy atom. The average molecular weight is 257 g/mol. The van der Waals surface area contributed by atoms with Gasteiger partial charge in [0.2, 0.25) is 0 Å². The Bertz CT molecular complexity index is 483. The number of hydrogen-bond donors (Lipinski definition) is 2. The van der Waals surface area contributed by atoms with Crippen LogP contribution in [0.3, 0.4) is 0 Å². The van der Waals surface area contributed by atoms with Crippen LogP contribution in [0.4, 0.5) is 5.69 Å². The van der Waals surface area contributed by atoms with Crippen LogP contribution in [-0.4, -0.2) is 39.7 Å². The van der Waals surface area contributed by atoms with E-state index in [9.17, 15) is 8.42 Å². The summed E-state index contributed by atoms with van der Waals surface area (Å²) in [6, 6.07) is 6.21. The van der Waals surface area contributed by atoms with E-state index in [2.05, 4.69) is 4.83 Å². The van der Waals surface area contributed by atoms with E-state index in [0.717, 1.165) is 0 Å². The van der Waals surface area contributed by atoms with E-state index >= 15 is 0 Å². The van der Waals surface area contributed by atoms with Crippen LogP contribution in [0.1, 0.15) is 0 Å². The van der Waals surface area contributed by atoms with Crippen molar-refractivity contribution in [1.82, 2.24) is 9.84 Å². The van der Waals surface area contributed by atoms with Gasteiger partial charge in [0.15, 0.2) is 0 Å². The molecule has 0 saturated carbocycles. The third kappa shape index (κ3) is 3.16. The molecule has 0 unspecified atom stereocenters. The van der Waals surface area contributed by atoms with Gasteiger partial charge in [-0.05, 0) is 18.2 Å². The van der Waals surface area contributed by atoms with Crippen LogP contribution < -0.4 is 10.6 Å². The van der Waals surface area contributed by atoms with Crippen LogP contribution in [-0.2, 0) is 14.8 Å². The first-order chi connectivity index (χ1) is 8.08. The summed E-state index contributed by atoms with van der Waals surface area (Å²) < 4.78 is 29.1. The van der Waals surface area contributed by atoms with E-state index in [4.69, 9.17) is 10.5 Å². The molecule has 6 nitrogen and oxygen atoms in total. The molecule has 1 aliphatic heterocycles. The quantitative estimate of drug-likeness (QED) is 0.732. The Morgan fingerprint density at radius 1 is 1.29 bits per heavy atom. The molecular weight excluding hydrogens is 242 g/mol. The number of anilines is 1. The molecule has 1 fully saturated rings. The van der Waals surface area contributed by atoms with E-state index in [1.807, 2.05) is 0 Å². The lowest BCUT2D eigenvalue weighted by Gasteiger charge is -2.26. The van der Waals surface area contributed by atoms with E-state index in [-0.39, 0.29) is 4.90 Å². The predicted octanol–water partition coefficient (Wildman–Crippen LogP) is -0.206. The monoisotopic (exact) mass is 257 g/mol. The first-order valence-electron chi connectivity index (χ1n) is 5.29. The van der Waals surface area contributed by atoms with Crippen molar-refractivity contribution >= 4 is 15.7 Å². The maximum atomic E-state index is 12.0. The van der Waals surface area contributed by atoms with Crippen molar-refractivity contribution in [3.05, 3.63) is 24.3 Å². The smallest absolute Gasteiger partial charge is 0.253 e. The summed E-state index contributed by atoms with van der Waals surface area (Å²) in [5, 5.41) is 1.63. The van der Waals surface area contributed by atoms with E-state index < -0.39 is 10.0 Å². The van der Waals surface area contributed by atoms with Crippen molar-refractivity contribution in [2.24, 2.45) is 0 Å². The summed E-state index contributed by atoms with van der Waals surface area (Å²) in [4.78, 5) is 2.68. The van der Waals surface area contributed by atoms with E-state index in [1.165, 1.54) is 12.1 Å². The lowest BCUT2D eigenvalue weighted by Crippen LogP contribution is -2.48. The van der Waals surface area contributed by atoms with Gasteiger partial charge in [0.05, 0.1) is 18.1 Å². The second kappa shape index (κ2) is 5.01. The number of nitrogens with one attached hydrogen (secondary N) is 1. The first-order valence-corrected chi connectivity index (χ1v) is 6.77. The van der Waals surface area contributed by atoms with Gasteiger partial charge in [0, 0.05) is 18.8 Å². The van der Waals surface area contributed by atoms with E-state index in [0.29, 0.717) is 32.0 Å². The predicted molar refractivity (Wildman–Crippen MR) is 63.6 cm³/mol. The second-order valence-corrected chi connectivity index (χ2v) is 5.43. The number of hydrogen-bond acceptors (Lipinski definition) is 5. The summed E-state index contributed by atoms with van der Waals surface area (Å²) in [7, 11) is -3.54. The number of benzene rings is 1. The molecule has 94 valence electrons. The van der Waals surface area contributed by atoms with Crippen LogP contribution in [0, 0.1) is 0 Å². The fourth-order valence-corrected chi connectivity index (χ4v) is 2.74. The maximum absolute atomic E-state index is 12.0. The van der Waals surface area contributed by atoms with Gasteiger partial charge in [-0.1, -0.05) is 6.07 Å². The molecule has 0 aliphatic carbocycles. The van der Waals surface area contributed by atoms with Crippen molar-refractivity contribution in [3.63, 3.8) is 0 Å². The van der Waals surface area contributed by atoms with Crippen molar-refractivity contribution in [2.45, 2.75) is 4.90 Å². The van der Waals surface area contributed by atoms with Gasteiger partial charge in [-0.25, -0.2) is 13.4 Å². The highest BCUT2D eigenvalue weighted by Crippen LogP contribution is 2.13. The highest BCUT2D eigenvalue weighted by Gasteiger charge is 2.19. The molecule has 1 aliphatic rings. The molecule has 1 aromatic rings. The van der Waals surface area contributed by atoms with Crippen molar-refractivity contribution in [1.29, 1.82) is 0 Å². The van der Waals surface area contributed by atoms with Crippen LogP contribution >= 0.6 is 0 Å². The first kappa shape index (κ1) is 12.3. The van der Waals surface area contributed by atoms with E-state index in [1.54, 1.807) is 17.1 Å². The van der Waals surface area contributed by atoms with Crippen LogP contribution in [0.2, 0.25) is 0 Å². The van der Waals surface area contributed by atoms with Gasteiger partial charge in [-0.15, -0.1) is 4.83 Å². The summed E-state index contributed by atoms with van der Waals surface area (Å²) in [6.45, 7) is 2.14. The molecule has 17 heavy (non-hydrogen) atoms. The van der Waals surface area contributed by atoms with Gasteiger partial charge < -0.3 is 10.5 Å². The number of nitrogens with zero attached hydrogens (tertiary/aromatic N) is 1. The lowest BCUT2D eigenvalue weighted by molar-refractivity contribution is 0.0272. The standard InChI is InChI=1S/C10H15N3O3S/c11-9-2-1-3-10(8-9)17(14,15)12-13-4-6-16-7-5-13/h1-3,8,12H,4-7,11H2. The molecule has 0 radical (unpaired) electrons. The summed E-state index contributed by atoms with van der Waals surface area (Å²) in [6.07, 6.45) is 0. The largest absolute Gasteiger partial charge is 0.399 e. The number of hydrazine groups is 1. The Kier molecular flexibility index (Phi) is 3.63. The fraction of sp³-hybridized carbons (Fsp3) is 0.400. The fourth-order valence-electron chi connectivity index (χ4n) is 1.56. The molecule has 7 heteroatoms. The Hall–Kier alpha value is -1.15. The summed E-state index contributed by atoms with van der Waals surface area (Å²) in [5.74, 6) is 0. The molecule has 0 bridgehead atoms. The van der Waals surface area contributed by atoms with Gasteiger partial charge in [0.25, 0.3) is 10.0 Å². The molecule has 0 amide bonds. The minimum Gasteiger partial charge on any atom is -0.399 e. The molecule has 0 atom stereocenters. The average Bonchev–Trinajstić information content (AvgIpc) is 2.30. The highest BCUT2D eigenvalue weighted by atomic mass is 32.2. The van der Waals surface area contributed by atoms with Gasteiger partial charge in [-0.2, -0.15) is 0 Å². The Morgan fingerprint density at radius 3 is 2.65 bits per heavy atom. The molecule has 2 rings (SSSR count). The number of nitrogen functional groups attached to an aromatic ring is 1. The zero-order valence-corrected chi connectivity index (χ0v) is 10.1. The number of ether oxygens (including phenoxy) is 1. The van der Waals surface area contributed by atoms with Crippen LogP contribution in [0.25, 0.3) is 0 Å². The molecule has 1 heterocycles. The number of morpholine rings is 1. The Balaban J connectivity index is 2.13. The minimum atomic E-state index is -3.54. The third-order valence-electron chi connectivity index (χ3n) is 2.43. The van der Waals surface area contributed by atoms with Gasteiger partial charge in [-0.3, -0.25) is 0 Å². The molecule has 1 saturated heterocycles. The zero-order chi connectivity index (χ0) is 12.3. The molecule has 1 aromatic carbocycles. The molecule has 0 aromatic heterocycles. The van der Waals surface area contributed by atoms with Crippen LogP contribution in [0.15, 0.2) is 29.2 Å². The van der Waals surface area contributed by atoms with Crippen LogP contribution in [0.5, 0.6) is 0 Å².